The Labute approximate surface area is 328 Å². The predicted molar refractivity (Wildman–Crippen MR) is 237 cm³/mol. The number of para-hydroxylation sites is 1. The molecule has 266 valence electrons. The van der Waals surface area contributed by atoms with E-state index in [0.717, 1.165) is 29.9 Å². The van der Waals surface area contributed by atoms with Gasteiger partial charge in [-0.3, -0.25) is 0 Å². The Kier molecular flexibility index (Phi) is 8.70. The lowest BCUT2D eigenvalue weighted by Crippen LogP contribution is -2.10. The van der Waals surface area contributed by atoms with Gasteiger partial charge in [0.25, 0.3) is 0 Å². The highest BCUT2D eigenvalue weighted by Gasteiger charge is 2.21. The van der Waals surface area contributed by atoms with Gasteiger partial charge in [0.2, 0.25) is 0 Å². The van der Waals surface area contributed by atoms with Crippen LogP contribution in [0.4, 0.5) is 17.1 Å². The molecule has 8 aromatic carbocycles. The zero-order valence-corrected chi connectivity index (χ0v) is 31.1. The number of hydrogen-bond acceptors (Lipinski definition) is 1. The van der Waals surface area contributed by atoms with Crippen molar-refractivity contribution in [2.45, 2.75) is 12.8 Å². The summed E-state index contributed by atoms with van der Waals surface area (Å²) in [4.78, 5) is 2.38. The zero-order valence-electron chi connectivity index (χ0n) is 31.1. The summed E-state index contributed by atoms with van der Waals surface area (Å²) in [6, 6.07) is 74.7. The van der Waals surface area contributed by atoms with Crippen molar-refractivity contribution in [3.05, 3.63) is 224 Å². The molecular weight excluding hydrogens is 677 g/mol. The topological polar surface area (TPSA) is 8.17 Å². The highest BCUT2D eigenvalue weighted by atomic mass is 15.1. The molecule has 0 atom stereocenters. The van der Waals surface area contributed by atoms with Gasteiger partial charge in [-0.1, -0.05) is 158 Å². The molecule has 1 heterocycles. The highest BCUT2D eigenvalue weighted by molar-refractivity contribution is 5.98. The maximum Gasteiger partial charge on any atom is 0.0538 e. The highest BCUT2D eigenvalue weighted by Crippen LogP contribution is 2.43. The molecule has 10 rings (SSSR count). The average Bonchev–Trinajstić information content (AvgIpc) is 3.62. The summed E-state index contributed by atoms with van der Waals surface area (Å²) < 4.78 is 2.46. The molecule has 0 unspecified atom stereocenters. The third-order valence-corrected chi connectivity index (χ3v) is 11.1. The number of rotatable bonds is 8. The van der Waals surface area contributed by atoms with E-state index in [-0.39, 0.29) is 0 Å². The van der Waals surface area contributed by atoms with Gasteiger partial charge in [0, 0.05) is 39.4 Å². The van der Waals surface area contributed by atoms with Crippen LogP contribution >= 0.6 is 0 Å². The monoisotopic (exact) mass is 716 g/mol. The minimum absolute atomic E-state index is 1.03. The number of benzene rings is 8. The lowest BCUT2D eigenvalue weighted by atomic mass is 9.92. The molecular formula is C54H40N2. The molecule has 1 aliphatic rings. The van der Waals surface area contributed by atoms with E-state index in [1.807, 2.05) is 0 Å². The van der Waals surface area contributed by atoms with E-state index in [1.54, 1.807) is 0 Å². The van der Waals surface area contributed by atoms with Gasteiger partial charge in [-0.2, -0.15) is 0 Å². The zero-order chi connectivity index (χ0) is 37.3. The van der Waals surface area contributed by atoms with Crippen molar-refractivity contribution in [3.63, 3.8) is 0 Å². The van der Waals surface area contributed by atoms with E-state index in [4.69, 9.17) is 0 Å². The second-order valence-electron chi connectivity index (χ2n) is 14.5. The molecule has 0 saturated heterocycles. The van der Waals surface area contributed by atoms with Crippen molar-refractivity contribution in [3.8, 4) is 50.2 Å². The van der Waals surface area contributed by atoms with Crippen LogP contribution in [0.3, 0.4) is 0 Å². The molecule has 0 spiro atoms. The summed E-state index contributed by atoms with van der Waals surface area (Å²) >= 11 is 0. The number of hydrogen-bond donors (Lipinski definition) is 0. The van der Waals surface area contributed by atoms with Gasteiger partial charge in [0.1, 0.15) is 0 Å². The quantitative estimate of drug-likeness (QED) is 0.152. The van der Waals surface area contributed by atoms with E-state index in [2.05, 4.69) is 228 Å². The van der Waals surface area contributed by atoms with Crippen LogP contribution in [0.1, 0.15) is 17.7 Å². The van der Waals surface area contributed by atoms with Crippen LogP contribution < -0.4 is 4.90 Å². The Balaban J connectivity index is 1.12. The van der Waals surface area contributed by atoms with Crippen LogP contribution in [0.2, 0.25) is 0 Å². The van der Waals surface area contributed by atoms with Crippen molar-refractivity contribution in [1.29, 1.82) is 0 Å². The van der Waals surface area contributed by atoms with Crippen LogP contribution in [0.25, 0.3) is 67.2 Å². The van der Waals surface area contributed by atoms with Crippen molar-refractivity contribution < 1.29 is 0 Å². The van der Waals surface area contributed by atoms with Gasteiger partial charge < -0.3 is 9.47 Å². The standard InChI is InChI=1S/C54H40N2/c1-5-15-39(16-6-1)41-25-30-46(31-26-41)55(47-32-27-42(28-33-47)40-17-7-2-8-18-40)48-34-35-49(51(38-48)43-19-9-3-10-20-43)44-29-36-54-52(37-44)50-23-13-14-24-53(50)56(54)45-21-11-4-12-22-45/h1-13,15-23,25-38H,14,24H2. The van der Waals surface area contributed by atoms with E-state index in [9.17, 15) is 0 Å². The van der Waals surface area contributed by atoms with Crippen molar-refractivity contribution in [2.75, 3.05) is 4.90 Å². The Morgan fingerprint density at radius 1 is 0.393 bits per heavy atom. The number of anilines is 3. The van der Waals surface area contributed by atoms with Gasteiger partial charge in [-0.15, -0.1) is 0 Å². The molecule has 1 aliphatic carbocycles. The van der Waals surface area contributed by atoms with E-state index >= 15 is 0 Å². The van der Waals surface area contributed by atoms with Gasteiger partial charge in [0.05, 0.1) is 5.52 Å². The molecule has 0 saturated carbocycles. The van der Waals surface area contributed by atoms with Gasteiger partial charge in [0.15, 0.2) is 0 Å². The molecule has 0 aliphatic heterocycles. The number of fused-ring (bicyclic) bond motifs is 3. The lowest BCUT2D eigenvalue weighted by molar-refractivity contribution is 0.888. The Morgan fingerprint density at radius 2 is 0.893 bits per heavy atom. The van der Waals surface area contributed by atoms with Crippen LogP contribution in [0.5, 0.6) is 0 Å². The number of nitrogens with zero attached hydrogens (tertiary/aromatic N) is 2. The second kappa shape index (κ2) is 14.6. The van der Waals surface area contributed by atoms with Crippen LogP contribution in [-0.4, -0.2) is 4.57 Å². The fourth-order valence-electron chi connectivity index (χ4n) is 8.36. The lowest BCUT2D eigenvalue weighted by Gasteiger charge is -2.27. The first-order valence-corrected chi connectivity index (χ1v) is 19.5. The van der Waals surface area contributed by atoms with Gasteiger partial charge in [-0.05, 0) is 118 Å². The van der Waals surface area contributed by atoms with E-state index in [1.165, 1.54) is 72.4 Å². The molecule has 9 aromatic rings. The van der Waals surface area contributed by atoms with Gasteiger partial charge >= 0.3 is 0 Å². The Morgan fingerprint density at radius 3 is 1.48 bits per heavy atom. The predicted octanol–water partition coefficient (Wildman–Crippen LogP) is 14.7. The minimum atomic E-state index is 1.03. The van der Waals surface area contributed by atoms with Crippen molar-refractivity contribution in [1.82, 2.24) is 4.57 Å². The summed E-state index contributed by atoms with van der Waals surface area (Å²) in [5.41, 5.74) is 18.1. The number of aromatic nitrogens is 1. The molecule has 0 N–H and O–H groups in total. The fraction of sp³-hybridized carbons (Fsp3) is 0.0370. The molecule has 56 heavy (non-hydrogen) atoms. The van der Waals surface area contributed by atoms with Gasteiger partial charge in [-0.25, -0.2) is 0 Å². The molecule has 2 nitrogen and oxygen atoms in total. The van der Waals surface area contributed by atoms with Crippen LogP contribution in [-0.2, 0) is 6.42 Å². The maximum atomic E-state index is 2.46. The summed E-state index contributed by atoms with van der Waals surface area (Å²) in [7, 11) is 0. The first-order chi connectivity index (χ1) is 27.8. The molecule has 2 heteroatoms. The summed E-state index contributed by atoms with van der Waals surface area (Å²) in [5, 5.41) is 1.29. The first kappa shape index (κ1) is 33.4. The molecule has 0 fully saturated rings. The normalized spacial score (nSPS) is 12.1. The fourth-order valence-corrected chi connectivity index (χ4v) is 8.36. The number of allylic oxidation sites excluding steroid dienone is 1. The van der Waals surface area contributed by atoms with Crippen LogP contribution in [0.15, 0.2) is 212 Å². The van der Waals surface area contributed by atoms with Crippen molar-refractivity contribution >= 4 is 34.0 Å². The van der Waals surface area contributed by atoms with Crippen LogP contribution in [0, 0.1) is 0 Å². The Bertz CT molecular complexity index is 2720. The summed E-state index contributed by atoms with van der Waals surface area (Å²) in [6.07, 6.45) is 6.74. The van der Waals surface area contributed by atoms with E-state index < -0.39 is 0 Å². The SMILES string of the molecule is C1=Cc2c(n(-c3ccccc3)c3ccc(-c4ccc(N(c5ccc(-c6ccccc6)cc5)c5ccc(-c6ccccc6)cc5)cc4-c4ccccc4)cc23)CC1. The maximum absolute atomic E-state index is 2.46. The largest absolute Gasteiger partial charge is 0.313 e. The second-order valence-corrected chi connectivity index (χ2v) is 14.5. The summed E-state index contributed by atoms with van der Waals surface area (Å²) in [5.74, 6) is 0. The molecule has 0 amide bonds. The smallest absolute Gasteiger partial charge is 0.0538 e. The summed E-state index contributed by atoms with van der Waals surface area (Å²) in [6.45, 7) is 0. The first-order valence-electron chi connectivity index (χ1n) is 19.5. The minimum Gasteiger partial charge on any atom is -0.313 e. The van der Waals surface area contributed by atoms with Crippen molar-refractivity contribution in [2.24, 2.45) is 0 Å². The third-order valence-electron chi connectivity index (χ3n) is 11.1. The average molecular weight is 717 g/mol. The molecule has 0 bridgehead atoms. The van der Waals surface area contributed by atoms with E-state index in [0.29, 0.717) is 0 Å². The third kappa shape index (κ3) is 6.22. The Hall–Kier alpha value is -7.16. The molecule has 1 aromatic heterocycles. The molecule has 0 radical (unpaired) electrons.